The first-order valence-corrected chi connectivity index (χ1v) is 17.6. The van der Waals surface area contributed by atoms with Crippen molar-refractivity contribution in [2.45, 2.75) is 46.5 Å². The lowest BCUT2D eigenvalue weighted by Crippen LogP contribution is -2.51. The van der Waals surface area contributed by atoms with E-state index in [2.05, 4.69) is 154 Å². The maximum atomic E-state index is 6.95. The molecular weight excluding hydrogens is 585 g/mol. The molecule has 2 atom stereocenters. The Morgan fingerprint density at radius 1 is 0.708 bits per heavy atom. The minimum Gasteiger partial charge on any atom is -0.459 e. The highest BCUT2D eigenvalue weighted by Crippen LogP contribution is 2.45. The fourth-order valence-electron chi connectivity index (χ4n) is 8.11. The fraction of sp³-hybridized carbons (Fsp3) is 0.227. The third-order valence-electron chi connectivity index (χ3n) is 10.8. The van der Waals surface area contributed by atoms with Gasteiger partial charge in [0.05, 0.1) is 5.69 Å². The molecule has 2 heterocycles. The molecule has 0 saturated carbocycles. The first-order chi connectivity index (χ1) is 23.4. The zero-order valence-electron chi connectivity index (χ0n) is 28.1. The maximum absolute atomic E-state index is 6.95. The largest absolute Gasteiger partial charge is 0.459 e. The van der Waals surface area contributed by atoms with E-state index in [0.29, 0.717) is 23.7 Å². The molecule has 0 N–H and O–H groups in total. The normalized spacial score (nSPS) is 20.1. The van der Waals surface area contributed by atoms with Crippen LogP contribution >= 0.6 is 0 Å². The Morgan fingerprint density at radius 3 is 2.31 bits per heavy atom. The highest BCUT2D eigenvalue weighted by molar-refractivity contribution is 6.93. The molecule has 0 fully saturated rings. The van der Waals surface area contributed by atoms with Crippen LogP contribution in [0.2, 0.25) is 0 Å². The van der Waals surface area contributed by atoms with Gasteiger partial charge in [0, 0.05) is 40.8 Å². The maximum Gasteiger partial charge on any atom is 0.256 e. The van der Waals surface area contributed by atoms with Crippen molar-refractivity contribution in [1.29, 1.82) is 0 Å². The number of anilines is 2. The lowest BCUT2D eigenvalue weighted by Gasteiger charge is -2.38. The van der Waals surface area contributed by atoms with Gasteiger partial charge in [-0.15, -0.1) is 0 Å². The Morgan fingerprint density at radius 2 is 1.50 bits per heavy atom. The summed E-state index contributed by atoms with van der Waals surface area (Å²) in [5, 5.41) is 2.44. The number of hydrogen-bond donors (Lipinski definition) is 0. The van der Waals surface area contributed by atoms with Crippen molar-refractivity contribution >= 4 is 39.8 Å². The van der Waals surface area contributed by atoms with Gasteiger partial charge < -0.3 is 14.4 Å². The Labute approximate surface area is 284 Å². The third-order valence-corrected chi connectivity index (χ3v) is 10.8. The number of allylic oxidation sites excluding steroid dienone is 10. The van der Waals surface area contributed by atoms with Gasteiger partial charge in [-0.3, -0.25) is 0 Å². The predicted molar refractivity (Wildman–Crippen MR) is 200 cm³/mol. The van der Waals surface area contributed by atoms with Gasteiger partial charge in [0.15, 0.2) is 0 Å². The van der Waals surface area contributed by atoms with E-state index in [-0.39, 0.29) is 6.71 Å². The van der Waals surface area contributed by atoms with E-state index in [9.17, 15) is 0 Å². The molecule has 236 valence electrons. The Hall–Kier alpha value is -4.96. The van der Waals surface area contributed by atoms with Crippen molar-refractivity contribution < 1.29 is 9.47 Å². The van der Waals surface area contributed by atoms with Crippen molar-refractivity contribution in [3.63, 3.8) is 0 Å². The topological polar surface area (TPSA) is 21.7 Å². The standard InChI is InChI=1S/C44H40BNO2/c1-27(2)31-15-19-38-40(23-31)47-42-25-37(26-43-44(42)45(38)39-20-16-32(28(3)4)24-41(39)48-43)46(35-17-13-29-9-5-7-11-33(29)21-35)36-18-14-30-10-6-8-12-34(30)22-36/h5-15,17-19,21-29,33H,16,20H2,1-4H3. The van der Waals surface area contributed by atoms with E-state index in [4.69, 9.17) is 9.47 Å². The van der Waals surface area contributed by atoms with Crippen LogP contribution in [-0.2, 0) is 0 Å². The monoisotopic (exact) mass is 625 g/mol. The average molecular weight is 626 g/mol. The summed E-state index contributed by atoms with van der Waals surface area (Å²) in [5.41, 5.74) is 9.78. The number of hydrogen-bond acceptors (Lipinski definition) is 3. The van der Waals surface area contributed by atoms with E-state index in [1.165, 1.54) is 32.8 Å². The molecule has 0 spiro atoms. The quantitative estimate of drug-likeness (QED) is 0.206. The van der Waals surface area contributed by atoms with Crippen LogP contribution in [0.5, 0.6) is 17.2 Å². The molecule has 0 saturated heterocycles. The third kappa shape index (κ3) is 4.80. The van der Waals surface area contributed by atoms with E-state index in [0.717, 1.165) is 58.4 Å². The van der Waals surface area contributed by atoms with Gasteiger partial charge in [0.2, 0.25) is 0 Å². The summed E-state index contributed by atoms with van der Waals surface area (Å²) in [6.45, 7) is 9.19. The van der Waals surface area contributed by atoms with Crippen molar-refractivity contribution in [3.8, 4) is 17.2 Å². The predicted octanol–water partition coefficient (Wildman–Crippen LogP) is 10.2. The summed E-state index contributed by atoms with van der Waals surface area (Å²) in [6, 6.07) is 26.7. The van der Waals surface area contributed by atoms with Gasteiger partial charge in [-0.05, 0) is 82.3 Å². The summed E-state index contributed by atoms with van der Waals surface area (Å²) in [4.78, 5) is 2.38. The zero-order chi connectivity index (χ0) is 32.5. The summed E-state index contributed by atoms with van der Waals surface area (Å²) in [6.07, 6.45) is 20.3. The minimum atomic E-state index is 0.116. The van der Waals surface area contributed by atoms with Gasteiger partial charge in [-0.2, -0.15) is 0 Å². The number of nitrogens with zero attached hydrogens (tertiary/aromatic N) is 1. The van der Waals surface area contributed by atoms with Crippen LogP contribution in [0.15, 0.2) is 144 Å². The van der Waals surface area contributed by atoms with Crippen LogP contribution in [0.3, 0.4) is 0 Å². The smallest absolute Gasteiger partial charge is 0.256 e. The SMILES string of the molecule is CC(C)C1=CC2=C(CC1)B1c3ccc(C(C)C)cc3Oc3cc(N(C4=CC5C=CC=CC5C=C4)c4ccc5ccccc5c4)cc(c31)O2. The van der Waals surface area contributed by atoms with Crippen LogP contribution in [0.25, 0.3) is 10.8 Å². The minimum absolute atomic E-state index is 0.116. The molecule has 2 unspecified atom stereocenters. The summed E-state index contributed by atoms with van der Waals surface area (Å²) in [5.74, 6) is 5.33. The van der Waals surface area contributed by atoms with Gasteiger partial charge in [-0.1, -0.05) is 112 Å². The van der Waals surface area contributed by atoms with Gasteiger partial charge in [-0.25, -0.2) is 0 Å². The molecule has 0 radical (unpaired) electrons. The molecule has 0 bridgehead atoms. The lowest BCUT2D eigenvalue weighted by atomic mass is 9.33. The molecule has 5 aliphatic rings. The second-order valence-corrected chi connectivity index (χ2v) is 14.5. The molecule has 3 nitrogen and oxygen atoms in total. The van der Waals surface area contributed by atoms with E-state index >= 15 is 0 Å². The lowest BCUT2D eigenvalue weighted by molar-refractivity contribution is 0.424. The van der Waals surface area contributed by atoms with Crippen molar-refractivity contribution in [2.24, 2.45) is 17.8 Å². The Balaban J connectivity index is 1.25. The molecule has 4 aromatic carbocycles. The van der Waals surface area contributed by atoms with Gasteiger partial charge >= 0.3 is 0 Å². The first kappa shape index (κ1) is 29.2. The Bertz CT molecular complexity index is 2180. The molecule has 2 aliphatic heterocycles. The highest BCUT2D eigenvalue weighted by Gasteiger charge is 2.43. The average Bonchev–Trinajstić information content (AvgIpc) is 3.10. The van der Waals surface area contributed by atoms with Gasteiger partial charge in [0.1, 0.15) is 23.0 Å². The van der Waals surface area contributed by atoms with Crippen molar-refractivity contribution in [3.05, 3.63) is 149 Å². The molecule has 3 aliphatic carbocycles. The summed E-state index contributed by atoms with van der Waals surface area (Å²) < 4.78 is 13.9. The molecule has 4 heteroatoms. The molecule has 4 aromatic rings. The Kier molecular flexibility index (Phi) is 6.90. The molecule has 9 rings (SSSR count). The van der Waals surface area contributed by atoms with E-state index in [1.54, 1.807) is 0 Å². The second kappa shape index (κ2) is 11.3. The second-order valence-electron chi connectivity index (χ2n) is 14.5. The first-order valence-electron chi connectivity index (χ1n) is 17.6. The summed E-state index contributed by atoms with van der Waals surface area (Å²) in [7, 11) is 0. The van der Waals surface area contributed by atoms with Gasteiger partial charge in [0.25, 0.3) is 6.71 Å². The molecule has 48 heavy (non-hydrogen) atoms. The van der Waals surface area contributed by atoms with Crippen LogP contribution < -0.4 is 25.3 Å². The zero-order valence-corrected chi connectivity index (χ0v) is 28.1. The van der Waals surface area contributed by atoms with Crippen LogP contribution in [0, 0.1) is 17.8 Å². The van der Waals surface area contributed by atoms with Crippen LogP contribution in [0.1, 0.15) is 52.0 Å². The van der Waals surface area contributed by atoms with E-state index < -0.39 is 0 Å². The highest BCUT2D eigenvalue weighted by atomic mass is 16.5. The van der Waals surface area contributed by atoms with Crippen LogP contribution in [-0.4, -0.2) is 6.71 Å². The number of ether oxygens (including phenoxy) is 2. The molecule has 0 aromatic heterocycles. The number of fused-ring (bicyclic) bond motifs is 5. The number of rotatable bonds is 5. The fourth-order valence-corrected chi connectivity index (χ4v) is 8.11. The summed E-state index contributed by atoms with van der Waals surface area (Å²) >= 11 is 0. The molecular formula is C44H40BNO2. The number of benzene rings is 4. The van der Waals surface area contributed by atoms with Crippen molar-refractivity contribution in [1.82, 2.24) is 0 Å². The van der Waals surface area contributed by atoms with Crippen molar-refractivity contribution in [2.75, 3.05) is 4.90 Å². The molecule has 0 amide bonds. The van der Waals surface area contributed by atoms with E-state index in [1.807, 2.05) is 0 Å². The van der Waals surface area contributed by atoms with Crippen LogP contribution in [0.4, 0.5) is 11.4 Å².